The average molecular weight is 194 g/mol. The lowest BCUT2D eigenvalue weighted by molar-refractivity contribution is -0.140. The van der Waals surface area contributed by atoms with Gasteiger partial charge in [0, 0.05) is 18.8 Å². The number of hydrogen-bond acceptors (Lipinski definition) is 3. The van der Waals surface area contributed by atoms with Crippen molar-refractivity contribution in [2.75, 3.05) is 0 Å². The summed E-state index contributed by atoms with van der Waals surface area (Å²) in [5, 5.41) is 0. The zero-order valence-electron chi connectivity index (χ0n) is 8.70. The molecule has 0 saturated heterocycles. The Hall–Kier alpha value is -1.58. The predicted molar refractivity (Wildman–Crippen MR) is 52.6 cm³/mol. The second-order valence-corrected chi connectivity index (χ2v) is 3.27. The van der Waals surface area contributed by atoms with E-state index in [-0.39, 0.29) is 12.6 Å². The molecule has 1 aromatic heterocycles. The largest absolute Gasteiger partial charge is 0.454 e. The van der Waals surface area contributed by atoms with Gasteiger partial charge >= 0.3 is 5.97 Å². The molecule has 0 atom stereocenters. The summed E-state index contributed by atoms with van der Waals surface area (Å²) in [5.41, 5.74) is 1.31. The van der Waals surface area contributed by atoms with Crippen LogP contribution in [-0.4, -0.2) is 15.5 Å². The second kappa shape index (κ2) is 4.09. The fraction of sp³-hybridized carbons (Fsp3) is 0.400. The number of nitrogens with zero attached hydrogens (tertiary/aromatic N) is 2. The molecule has 1 heterocycles. The van der Waals surface area contributed by atoms with Crippen molar-refractivity contribution in [3.8, 4) is 0 Å². The summed E-state index contributed by atoms with van der Waals surface area (Å²) in [4.78, 5) is 15.3. The third-order valence-electron chi connectivity index (χ3n) is 1.77. The van der Waals surface area contributed by atoms with Gasteiger partial charge in [0.25, 0.3) is 0 Å². The minimum absolute atomic E-state index is 0.191. The Bertz CT molecular complexity index is 366. The van der Waals surface area contributed by atoms with Crippen molar-refractivity contribution >= 4 is 5.97 Å². The Kier molecular flexibility index (Phi) is 3.06. The van der Waals surface area contributed by atoms with Gasteiger partial charge in [0.1, 0.15) is 12.4 Å². The SMILES string of the molecule is C=C(C)C(=O)OCc1nc(C)cn1C. The standard InChI is InChI=1S/C10H14N2O2/c1-7(2)10(13)14-6-9-11-8(3)5-12(9)4/h5H,1,6H2,2-4H3. The third-order valence-corrected chi connectivity index (χ3v) is 1.77. The van der Waals surface area contributed by atoms with Crippen LogP contribution in [-0.2, 0) is 23.2 Å². The maximum atomic E-state index is 11.1. The van der Waals surface area contributed by atoms with Crippen LogP contribution in [0.1, 0.15) is 18.4 Å². The molecule has 0 aliphatic rings. The Balaban J connectivity index is 2.58. The van der Waals surface area contributed by atoms with Crippen LogP contribution in [0.3, 0.4) is 0 Å². The van der Waals surface area contributed by atoms with Crippen molar-refractivity contribution in [1.82, 2.24) is 9.55 Å². The summed E-state index contributed by atoms with van der Waals surface area (Å²) in [6.45, 7) is 7.19. The first-order valence-electron chi connectivity index (χ1n) is 4.32. The van der Waals surface area contributed by atoms with Crippen LogP contribution < -0.4 is 0 Å². The highest BCUT2D eigenvalue weighted by atomic mass is 16.5. The van der Waals surface area contributed by atoms with Crippen LogP contribution in [0, 0.1) is 6.92 Å². The normalized spacial score (nSPS) is 9.93. The Morgan fingerprint density at radius 2 is 2.36 bits per heavy atom. The third kappa shape index (κ3) is 2.45. The molecule has 0 radical (unpaired) electrons. The van der Waals surface area contributed by atoms with E-state index >= 15 is 0 Å². The van der Waals surface area contributed by atoms with Crippen LogP contribution in [0.4, 0.5) is 0 Å². The first-order valence-corrected chi connectivity index (χ1v) is 4.32. The molecule has 1 rings (SSSR count). The topological polar surface area (TPSA) is 44.1 Å². The molecule has 1 aromatic rings. The molecule has 0 aliphatic carbocycles. The van der Waals surface area contributed by atoms with Gasteiger partial charge in [0.05, 0.1) is 5.69 Å². The smallest absolute Gasteiger partial charge is 0.333 e. The molecule has 0 fully saturated rings. The number of imidazole rings is 1. The van der Waals surface area contributed by atoms with E-state index in [4.69, 9.17) is 4.74 Å². The number of rotatable bonds is 3. The Labute approximate surface area is 83.2 Å². The van der Waals surface area contributed by atoms with E-state index in [0.717, 1.165) is 11.5 Å². The van der Waals surface area contributed by atoms with Gasteiger partial charge in [-0.25, -0.2) is 9.78 Å². The number of aryl methyl sites for hydroxylation is 2. The lowest BCUT2D eigenvalue weighted by Gasteiger charge is -2.03. The predicted octanol–water partition coefficient (Wildman–Crippen LogP) is 1.35. The number of aromatic nitrogens is 2. The van der Waals surface area contributed by atoms with E-state index in [1.54, 1.807) is 6.92 Å². The maximum absolute atomic E-state index is 11.1. The molecular formula is C10H14N2O2. The molecule has 0 amide bonds. The summed E-state index contributed by atoms with van der Waals surface area (Å²) in [5.74, 6) is 0.350. The molecule has 0 spiro atoms. The van der Waals surface area contributed by atoms with Gasteiger partial charge in [0.15, 0.2) is 0 Å². The van der Waals surface area contributed by atoms with Crippen molar-refractivity contribution in [3.05, 3.63) is 29.9 Å². The van der Waals surface area contributed by atoms with E-state index < -0.39 is 0 Å². The maximum Gasteiger partial charge on any atom is 0.333 e. The molecule has 0 unspecified atom stereocenters. The van der Waals surface area contributed by atoms with Crippen molar-refractivity contribution < 1.29 is 9.53 Å². The molecule has 4 heteroatoms. The van der Waals surface area contributed by atoms with E-state index in [1.165, 1.54) is 0 Å². The lowest BCUT2D eigenvalue weighted by atomic mass is 10.4. The number of carbonyl (C=O) groups excluding carboxylic acids is 1. The van der Waals surface area contributed by atoms with E-state index in [0.29, 0.717) is 5.57 Å². The van der Waals surface area contributed by atoms with Gasteiger partial charge in [-0.3, -0.25) is 0 Å². The summed E-state index contributed by atoms with van der Waals surface area (Å²) in [6, 6.07) is 0. The summed E-state index contributed by atoms with van der Waals surface area (Å²) >= 11 is 0. The average Bonchev–Trinajstić information content (AvgIpc) is 2.40. The fourth-order valence-corrected chi connectivity index (χ4v) is 1.05. The zero-order valence-corrected chi connectivity index (χ0v) is 8.70. The quantitative estimate of drug-likeness (QED) is 0.539. The molecule has 4 nitrogen and oxygen atoms in total. The van der Waals surface area contributed by atoms with E-state index in [9.17, 15) is 4.79 Å². The molecule has 14 heavy (non-hydrogen) atoms. The number of esters is 1. The van der Waals surface area contributed by atoms with Crippen molar-refractivity contribution in [1.29, 1.82) is 0 Å². The highest BCUT2D eigenvalue weighted by Crippen LogP contribution is 2.03. The lowest BCUT2D eigenvalue weighted by Crippen LogP contribution is -2.08. The van der Waals surface area contributed by atoms with Gasteiger partial charge in [-0.2, -0.15) is 0 Å². The van der Waals surface area contributed by atoms with Crippen molar-refractivity contribution in [2.24, 2.45) is 7.05 Å². The van der Waals surface area contributed by atoms with Crippen LogP contribution in [0.5, 0.6) is 0 Å². The van der Waals surface area contributed by atoms with Crippen molar-refractivity contribution in [2.45, 2.75) is 20.5 Å². The van der Waals surface area contributed by atoms with Crippen LogP contribution in [0.25, 0.3) is 0 Å². The van der Waals surface area contributed by atoms with Gasteiger partial charge in [0.2, 0.25) is 0 Å². The Morgan fingerprint density at radius 3 is 2.79 bits per heavy atom. The first kappa shape index (κ1) is 10.5. The number of ether oxygens (including phenoxy) is 1. The molecule has 0 aliphatic heterocycles. The minimum Gasteiger partial charge on any atom is -0.454 e. The highest BCUT2D eigenvalue weighted by Gasteiger charge is 2.07. The van der Waals surface area contributed by atoms with Gasteiger partial charge in [-0.15, -0.1) is 0 Å². The summed E-state index contributed by atoms with van der Waals surface area (Å²) in [7, 11) is 1.87. The van der Waals surface area contributed by atoms with E-state index in [1.807, 2.05) is 24.7 Å². The molecule has 76 valence electrons. The van der Waals surface area contributed by atoms with Crippen LogP contribution in [0.15, 0.2) is 18.3 Å². The van der Waals surface area contributed by atoms with Crippen LogP contribution in [0.2, 0.25) is 0 Å². The zero-order chi connectivity index (χ0) is 10.7. The molecule has 0 aromatic carbocycles. The summed E-state index contributed by atoms with van der Waals surface area (Å²) < 4.78 is 6.80. The first-order chi connectivity index (χ1) is 6.50. The van der Waals surface area contributed by atoms with Crippen LogP contribution >= 0.6 is 0 Å². The highest BCUT2D eigenvalue weighted by molar-refractivity contribution is 5.86. The monoisotopic (exact) mass is 194 g/mol. The molecule has 0 N–H and O–H groups in total. The van der Waals surface area contributed by atoms with Gasteiger partial charge in [-0.1, -0.05) is 6.58 Å². The minimum atomic E-state index is -0.384. The molecular weight excluding hydrogens is 180 g/mol. The second-order valence-electron chi connectivity index (χ2n) is 3.27. The fourth-order valence-electron chi connectivity index (χ4n) is 1.05. The van der Waals surface area contributed by atoms with Gasteiger partial charge in [-0.05, 0) is 13.8 Å². The number of carbonyl (C=O) groups is 1. The van der Waals surface area contributed by atoms with E-state index in [2.05, 4.69) is 11.6 Å². The Morgan fingerprint density at radius 1 is 1.71 bits per heavy atom. The van der Waals surface area contributed by atoms with Crippen molar-refractivity contribution in [3.63, 3.8) is 0 Å². The molecule has 0 saturated carbocycles. The number of hydrogen-bond donors (Lipinski definition) is 0. The van der Waals surface area contributed by atoms with Gasteiger partial charge < -0.3 is 9.30 Å². The summed E-state index contributed by atoms with van der Waals surface area (Å²) in [6.07, 6.45) is 1.88. The molecule has 0 bridgehead atoms.